The molecule has 1 atom stereocenters. The van der Waals surface area contributed by atoms with E-state index in [4.69, 9.17) is 23.2 Å². The van der Waals surface area contributed by atoms with Crippen LogP contribution >= 0.6 is 23.2 Å². The number of hydrogen-bond donors (Lipinski definition) is 1. The van der Waals surface area contributed by atoms with E-state index in [2.05, 4.69) is 5.32 Å². The molecule has 0 aliphatic rings. The molecule has 4 nitrogen and oxygen atoms in total. The van der Waals surface area contributed by atoms with Gasteiger partial charge in [0.15, 0.2) is 0 Å². The minimum absolute atomic E-state index is 0.132. The highest BCUT2D eigenvalue weighted by Crippen LogP contribution is 2.21. The van der Waals surface area contributed by atoms with Crippen LogP contribution in [-0.2, 0) is 29.0 Å². The number of nitrogens with zero attached hydrogens (tertiary/aromatic N) is 1. The van der Waals surface area contributed by atoms with Gasteiger partial charge in [-0.1, -0.05) is 83.9 Å². The normalized spacial score (nSPS) is 11.6. The third-order valence-electron chi connectivity index (χ3n) is 5.06. The van der Waals surface area contributed by atoms with Crippen molar-refractivity contribution in [2.45, 2.75) is 25.4 Å². The summed E-state index contributed by atoms with van der Waals surface area (Å²) in [4.78, 5) is 27.9. The zero-order valence-electron chi connectivity index (χ0n) is 17.2. The van der Waals surface area contributed by atoms with Crippen LogP contribution in [0.3, 0.4) is 0 Å². The summed E-state index contributed by atoms with van der Waals surface area (Å²) >= 11 is 12.5. The standard InChI is InChI=1S/C25H24Cl2N2O2/c1-28-25(31)23(15-18-8-3-2-4-9-18)29(17-20-11-5-6-13-22(20)27)24(30)16-19-10-7-12-21(26)14-19/h2-14,23H,15-17H2,1H3,(H,28,31). The maximum Gasteiger partial charge on any atom is 0.242 e. The summed E-state index contributed by atoms with van der Waals surface area (Å²) in [7, 11) is 1.58. The number of halogens is 2. The smallest absolute Gasteiger partial charge is 0.242 e. The molecule has 0 saturated carbocycles. The number of carbonyl (C=O) groups excluding carboxylic acids is 2. The number of likely N-dealkylation sites (N-methyl/N-ethyl adjacent to an activating group) is 1. The van der Waals surface area contributed by atoms with Gasteiger partial charge in [0.25, 0.3) is 0 Å². The molecule has 31 heavy (non-hydrogen) atoms. The Labute approximate surface area is 192 Å². The molecule has 1 N–H and O–H groups in total. The maximum absolute atomic E-state index is 13.5. The molecule has 0 saturated heterocycles. The number of rotatable bonds is 8. The Morgan fingerprint density at radius 1 is 0.903 bits per heavy atom. The molecule has 0 radical (unpaired) electrons. The highest BCUT2D eigenvalue weighted by molar-refractivity contribution is 6.31. The van der Waals surface area contributed by atoms with Gasteiger partial charge in [0.1, 0.15) is 6.04 Å². The van der Waals surface area contributed by atoms with E-state index in [0.29, 0.717) is 16.5 Å². The average Bonchev–Trinajstić information content (AvgIpc) is 2.77. The van der Waals surface area contributed by atoms with E-state index >= 15 is 0 Å². The molecule has 0 fully saturated rings. The van der Waals surface area contributed by atoms with E-state index < -0.39 is 6.04 Å². The predicted molar refractivity (Wildman–Crippen MR) is 125 cm³/mol. The molecule has 160 valence electrons. The molecule has 0 bridgehead atoms. The fraction of sp³-hybridized carbons (Fsp3) is 0.200. The minimum Gasteiger partial charge on any atom is -0.357 e. The van der Waals surface area contributed by atoms with Gasteiger partial charge >= 0.3 is 0 Å². The van der Waals surface area contributed by atoms with Crippen molar-refractivity contribution in [3.63, 3.8) is 0 Å². The van der Waals surface area contributed by atoms with Crippen molar-refractivity contribution in [2.75, 3.05) is 7.05 Å². The highest BCUT2D eigenvalue weighted by Gasteiger charge is 2.30. The van der Waals surface area contributed by atoms with Crippen LogP contribution in [-0.4, -0.2) is 29.8 Å². The van der Waals surface area contributed by atoms with Crippen LogP contribution < -0.4 is 5.32 Å². The molecule has 0 aliphatic carbocycles. The summed E-state index contributed by atoms with van der Waals surface area (Å²) < 4.78 is 0. The maximum atomic E-state index is 13.5. The van der Waals surface area contributed by atoms with Crippen LogP contribution in [0.5, 0.6) is 0 Å². The van der Waals surface area contributed by atoms with Crippen molar-refractivity contribution < 1.29 is 9.59 Å². The van der Waals surface area contributed by atoms with Crippen molar-refractivity contribution in [3.05, 3.63) is 106 Å². The van der Waals surface area contributed by atoms with Gasteiger partial charge in [0.05, 0.1) is 6.42 Å². The third kappa shape index (κ3) is 6.33. The van der Waals surface area contributed by atoms with E-state index in [9.17, 15) is 9.59 Å². The fourth-order valence-electron chi connectivity index (χ4n) is 3.45. The minimum atomic E-state index is -0.685. The number of benzene rings is 3. The molecule has 0 spiro atoms. The molecule has 1 unspecified atom stereocenters. The van der Waals surface area contributed by atoms with Gasteiger partial charge in [-0.2, -0.15) is 0 Å². The molecule has 3 aromatic rings. The SMILES string of the molecule is CNC(=O)C(Cc1ccccc1)N(Cc1ccccc1Cl)C(=O)Cc1cccc(Cl)c1. The van der Waals surface area contributed by atoms with Crippen LogP contribution in [0.25, 0.3) is 0 Å². The Morgan fingerprint density at radius 2 is 1.58 bits per heavy atom. The van der Waals surface area contributed by atoms with E-state index in [1.807, 2.05) is 60.7 Å². The fourth-order valence-corrected chi connectivity index (χ4v) is 3.86. The number of carbonyl (C=O) groups is 2. The lowest BCUT2D eigenvalue weighted by molar-refractivity contribution is -0.140. The largest absolute Gasteiger partial charge is 0.357 e. The van der Waals surface area contributed by atoms with Crippen molar-refractivity contribution in [1.82, 2.24) is 10.2 Å². The second-order valence-corrected chi connectivity index (χ2v) is 8.08. The van der Waals surface area contributed by atoms with Crippen LogP contribution in [0, 0.1) is 0 Å². The van der Waals surface area contributed by atoms with Crippen LogP contribution in [0.1, 0.15) is 16.7 Å². The van der Waals surface area contributed by atoms with E-state index in [0.717, 1.165) is 16.7 Å². The van der Waals surface area contributed by atoms with Crippen molar-refractivity contribution in [2.24, 2.45) is 0 Å². The number of hydrogen-bond acceptors (Lipinski definition) is 2. The summed E-state index contributed by atoms with van der Waals surface area (Å²) in [5, 5.41) is 3.83. The number of nitrogens with one attached hydrogen (secondary N) is 1. The zero-order valence-corrected chi connectivity index (χ0v) is 18.7. The zero-order chi connectivity index (χ0) is 22.2. The van der Waals surface area contributed by atoms with Crippen molar-refractivity contribution in [3.8, 4) is 0 Å². The summed E-state index contributed by atoms with van der Waals surface area (Å²) in [6.07, 6.45) is 0.527. The van der Waals surface area contributed by atoms with Gasteiger partial charge in [-0.25, -0.2) is 0 Å². The summed E-state index contributed by atoms with van der Waals surface area (Å²) in [6, 6.07) is 23.5. The van der Waals surface area contributed by atoms with Gasteiger partial charge in [0, 0.05) is 30.1 Å². The Hall–Kier alpha value is -2.82. The molecule has 3 aromatic carbocycles. The molecule has 6 heteroatoms. The topological polar surface area (TPSA) is 49.4 Å². The lowest BCUT2D eigenvalue weighted by Gasteiger charge is -2.31. The van der Waals surface area contributed by atoms with Gasteiger partial charge in [-0.05, 0) is 34.9 Å². The second kappa shape index (κ2) is 11.0. The monoisotopic (exact) mass is 454 g/mol. The molecular weight excluding hydrogens is 431 g/mol. The lowest BCUT2D eigenvalue weighted by atomic mass is 10.0. The Kier molecular flexibility index (Phi) is 8.10. The first-order chi connectivity index (χ1) is 15.0. The summed E-state index contributed by atoms with van der Waals surface area (Å²) in [5.74, 6) is -0.401. The molecule has 0 aliphatic heterocycles. The van der Waals surface area contributed by atoms with Gasteiger partial charge < -0.3 is 10.2 Å². The third-order valence-corrected chi connectivity index (χ3v) is 5.66. The van der Waals surface area contributed by atoms with Gasteiger partial charge in [-0.3, -0.25) is 9.59 Å². The van der Waals surface area contributed by atoms with Crippen molar-refractivity contribution >= 4 is 35.0 Å². The predicted octanol–water partition coefficient (Wildman–Crippen LogP) is 4.92. The second-order valence-electron chi connectivity index (χ2n) is 7.24. The first kappa shape index (κ1) is 22.9. The molecule has 3 rings (SSSR count). The Balaban J connectivity index is 1.95. The van der Waals surface area contributed by atoms with E-state index in [1.165, 1.54) is 0 Å². The summed E-state index contributed by atoms with van der Waals surface area (Å²) in [6.45, 7) is 0.226. The summed E-state index contributed by atoms with van der Waals surface area (Å²) in [5.41, 5.74) is 2.54. The van der Waals surface area contributed by atoms with Gasteiger partial charge in [0.2, 0.25) is 11.8 Å². The molecule has 0 aromatic heterocycles. The average molecular weight is 455 g/mol. The first-order valence-corrected chi connectivity index (χ1v) is 10.8. The first-order valence-electron chi connectivity index (χ1n) is 10.0. The van der Waals surface area contributed by atoms with Gasteiger partial charge in [-0.15, -0.1) is 0 Å². The highest BCUT2D eigenvalue weighted by atomic mass is 35.5. The molecule has 0 heterocycles. The molecule has 2 amide bonds. The van der Waals surface area contributed by atoms with Crippen LogP contribution in [0.4, 0.5) is 0 Å². The van der Waals surface area contributed by atoms with Crippen LogP contribution in [0.2, 0.25) is 10.0 Å². The molecular formula is C25H24Cl2N2O2. The Morgan fingerprint density at radius 3 is 2.26 bits per heavy atom. The Bertz CT molecular complexity index is 1040. The lowest BCUT2D eigenvalue weighted by Crippen LogP contribution is -2.50. The van der Waals surface area contributed by atoms with Crippen molar-refractivity contribution in [1.29, 1.82) is 0 Å². The van der Waals surface area contributed by atoms with Crippen LogP contribution in [0.15, 0.2) is 78.9 Å². The number of amides is 2. The van der Waals surface area contributed by atoms with E-state index in [1.54, 1.807) is 30.1 Å². The van der Waals surface area contributed by atoms with E-state index in [-0.39, 0.29) is 24.8 Å². The quantitative estimate of drug-likeness (QED) is 0.524.